The number of ether oxygens (including phenoxy) is 15. The van der Waals surface area contributed by atoms with Gasteiger partial charge in [-0.2, -0.15) is 31.6 Å². The van der Waals surface area contributed by atoms with E-state index in [1.807, 2.05) is 15.9 Å². The van der Waals surface area contributed by atoms with Crippen LogP contribution in [0, 0.1) is 18.5 Å². The van der Waals surface area contributed by atoms with E-state index < -0.39 is 52.4 Å². The highest BCUT2D eigenvalue weighted by Crippen LogP contribution is 2.56. The Morgan fingerprint density at radius 2 is 0.597 bits per heavy atom. The molecule has 0 aliphatic rings. The number of benzene rings is 7. The van der Waals surface area contributed by atoms with Crippen LogP contribution in [0.15, 0.2) is 215 Å². The van der Waals surface area contributed by atoms with E-state index >= 15 is 0 Å². The second kappa shape index (κ2) is 62.4. The summed E-state index contributed by atoms with van der Waals surface area (Å²) >= 11 is 0.0287. The van der Waals surface area contributed by atoms with Crippen molar-refractivity contribution in [2.24, 2.45) is 0 Å². The third-order valence-corrected chi connectivity index (χ3v) is 20.5. The van der Waals surface area contributed by atoms with Crippen LogP contribution >= 0.6 is 0 Å². The summed E-state index contributed by atoms with van der Waals surface area (Å²) in [6.07, 6.45) is -13.7. The minimum atomic E-state index is -5.84. The zero-order chi connectivity index (χ0) is 92.3. The standard InChI is InChI=1S/C25H26F6O6.C18H15S.C12H10I.C12H27NO6.C12H21NO6.C11H18N2O4/c1-21(2,3)36-19(32)34-17-11-7-15(8-12-17)23(24(26,27)28,25(29,30)31)16-9-13-18(14-10-16)35-20(33)37-22(4,5)6;1-4-10-16(11-5-1)19(17-12-6-2-7-13-17)18-14-8-3-9-15-18;1-3-7-11(8-4-1)13-12-9-5-2-6-10-12;1-14-10-17-7-4-13(5-8-18-11-15-2)6-9-19-12-16-3;1-10(14)17-7-4-13(5-8-18-11(2)15)6-9-19-12(3)16;1-10(14)16-8-6-13(5-3-4-12)7-9-17-11(2)15/h7-14H,1-6H3;1-15H;1-10H;4-12H2,1-3H3;4-9H2,1-3H3;3,5-9H2,1-2H3/q;2*+1;;;. The number of hydrogen-bond donors (Lipinski definition) is 0. The van der Waals surface area contributed by atoms with Crippen molar-refractivity contribution in [3.63, 3.8) is 0 Å². The van der Waals surface area contributed by atoms with Crippen molar-refractivity contribution in [3.8, 4) is 17.6 Å². The van der Waals surface area contributed by atoms with Crippen LogP contribution in [0.2, 0.25) is 0 Å². The van der Waals surface area contributed by atoms with E-state index in [0.717, 1.165) is 43.9 Å². The quantitative estimate of drug-likeness (QED) is 0.00503. The van der Waals surface area contributed by atoms with Crippen molar-refractivity contribution in [2.75, 3.05) is 153 Å². The van der Waals surface area contributed by atoms with Crippen molar-refractivity contribution in [1.82, 2.24) is 14.7 Å². The molecular formula is C90H117F6IN4O22S+2. The smallest absolute Gasteiger partial charge is 0.465 e. The maximum Gasteiger partial charge on any atom is 0.514 e. The SMILES string of the molecule is CC(=O)OCCN(CCC#N)CCOC(C)=O.CC(=O)OCCN(CCOC(C)=O)CCOC(C)=O.CC(C)(C)OC(=O)Oc1ccc(C(c2ccc(OC(=O)OC(C)(C)C)cc2)(C(F)(F)F)C(F)(F)F)cc1.COCOCCN(CCOCOC)CCOCOC.c1ccc([I+]c2ccccc2)cc1.c1ccc([S+](c2ccccc2)c2ccccc2)cc1. The third-order valence-electron chi connectivity index (χ3n) is 15.6. The molecule has 0 spiro atoms. The van der Waals surface area contributed by atoms with Crippen molar-refractivity contribution >= 4 is 53.1 Å². The molecule has 7 rings (SSSR count). The molecule has 0 aromatic heterocycles. The summed E-state index contributed by atoms with van der Waals surface area (Å²) in [6, 6.07) is 61.0. The summed E-state index contributed by atoms with van der Waals surface area (Å²) < 4.78 is 163. The molecule has 0 atom stereocenters. The minimum Gasteiger partial charge on any atom is -0.465 e. The Bertz CT molecular complexity index is 3800. The highest BCUT2D eigenvalue weighted by Gasteiger charge is 2.72. The number of halogens is 7. The van der Waals surface area contributed by atoms with Crippen molar-refractivity contribution < 1.29 is 152 Å². The fourth-order valence-corrected chi connectivity index (χ4v) is 14.6. The van der Waals surface area contributed by atoms with Gasteiger partial charge in [-0.3, -0.25) is 38.7 Å². The van der Waals surface area contributed by atoms with Gasteiger partial charge in [0.05, 0.1) is 36.8 Å². The normalized spacial score (nSPS) is 11.2. The molecule has 0 saturated carbocycles. The number of alkyl halides is 6. The van der Waals surface area contributed by atoms with Crippen LogP contribution in [0.4, 0.5) is 35.9 Å². The Labute approximate surface area is 736 Å². The molecule has 0 fully saturated rings. The number of hydrogen-bond acceptors (Lipinski definition) is 26. The van der Waals surface area contributed by atoms with Crippen LogP contribution < -0.4 is 30.7 Å². The van der Waals surface area contributed by atoms with Crippen LogP contribution in [-0.4, -0.2) is 234 Å². The number of methoxy groups -OCH3 is 3. The molecule has 124 heavy (non-hydrogen) atoms. The van der Waals surface area contributed by atoms with Crippen molar-refractivity contribution in [3.05, 3.63) is 218 Å². The van der Waals surface area contributed by atoms with E-state index in [0.29, 0.717) is 110 Å². The highest BCUT2D eigenvalue weighted by molar-refractivity contribution is 7.97. The molecule has 34 heteroatoms. The Hall–Kier alpha value is -9.78. The van der Waals surface area contributed by atoms with Crippen molar-refractivity contribution in [2.45, 2.75) is 126 Å². The van der Waals surface area contributed by atoms with Gasteiger partial charge in [-0.15, -0.1) is 0 Å². The molecule has 7 aromatic rings. The van der Waals surface area contributed by atoms with Gasteiger partial charge < -0.3 is 71.1 Å². The first-order valence-electron chi connectivity index (χ1n) is 39.1. The number of rotatable bonds is 41. The third kappa shape index (κ3) is 50.2. The average Bonchev–Trinajstić information content (AvgIpc) is 0.716. The second-order valence-corrected chi connectivity index (χ2v) is 33.0. The van der Waals surface area contributed by atoms with Crippen LogP contribution in [-0.2, 0) is 102 Å². The number of nitrogens with zero attached hydrogens (tertiary/aromatic N) is 4. The first-order valence-corrected chi connectivity index (χ1v) is 42.5. The number of nitriles is 1. The van der Waals surface area contributed by atoms with E-state index in [4.69, 9.17) is 76.3 Å². The largest absolute Gasteiger partial charge is 0.514 e. The van der Waals surface area contributed by atoms with Crippen LogP contribution in [0.1, 0.15) is 93.7 Å². The summed E-state index contributed by atoms with van der Waals surface area (Å²) in [5.74, 6) is -2.34. The molecule has 0 amide bonds. The molecule has 682 valence electrons. The molecule has 0 radical (unpaired) electrons. The zero-order valence-corrected chi connectivity index (χ0v) is 75.7. The monoisotopic (exact) mass is 1880 g/mol. The topological polar surface area (TPSA) is 291 Å². The zero-order valence-electron chi connectivity index (χ0n) is 72.7. The lowest BCUT2D eigenvalue weighted by molar-refractivity contribution is -0.597. The van der Waals surface area contributed by atoms with E-state index in [2.05, 4.69) is 157 Å². The summed E-state index contributed by atoms with van der Waals surface area (Å²) in [6.45, 7) is 25.5. The molecule has 0 unspecified atom stereocenters. The van der Waals surface area contributed by atoms with Crippen LogP contribution in [0.3, 0.4) is 0 Å². The van der Waals surface area contributed by atoms with Crippen LogP contribution in [0.5, 0.6) is 11.5 Å². The summed E-state index contributed by atoms with van der Waals surface area (Å²) in [4.78, 5) is 86.8. The predicted octanol–water partition coefficient (Wildman–Crippen LogP) is 12.8. The van der Waals surface area contributed by atoms with E-state index in [9.17, 15) is 59.9 Å². The van der Waals surface area contributed by atoms with Gasteiger partial charge in [-0.1, -0.05) is 115 Å². The molecule has 0 heterocycles. The van der Waals surface area contributed by atoms with Gasteiger partial charge in [0.1, 0.15) is 76.1 Å². The Kier molecular flexibility index (Phi) is 55.5. The fraction of sp³-hybridized carbons (Fsp3) is 0.444. The molecular weight excluding hydrogens is 1760 g/mol. The Balaban J connectivity index is 0.000000523. The molecule has 7 aromatic carbocycles. The van der Waals surface area contributed by atoms with Gasteiger partial charge in [0, 0.05) is 121 Å². The fourth-order valence-electron chi connectivity index (χ4n) is 10.2. The van der Waals surface area contributed by atoms with Gasteiger partial charge in [-0.25, -0.2) is 9.59 Å². The average molecular weight is 1880 g/mol. The molecule has 0 aliphatic heterocycles. The maximum atomic E-state index is 14.3. The summed E-state index contributed by atoms with van der Waals surface area (Å²) in [7, 11) is 4.80. The van der Waals surface area contributed by atoms with E-state index in [1.165, 1.54) is 56.4 Å². The molecule has 0 saturated heterocycles. The lowest BCUT2D eigenvalue weighted by Crippen LogP contribution is -3.61. The van der Waals surface area contributed by atoms with Gasteiger partial charge in [0.15, 0.2) is 21.8 Å². The Morgan fingerprint density at radius 1 is 0.355 bits per heavy atom. The predicted molar refractivity (Wildman–Crippen MR) is 447 cm³/mol. The van der Waals surface area contributed by atoms with E-state index in [-0.39, 0.29) is 106 Å². The van der Waals surface area contributed by atoms with Gasteiger partial charge >= 0.3 is 75.7 Å². The lowest BCUT2D eigenvalue weighted by Gasteiger charge is -2.38. The first kappa shape index (κ1) is 110. The molecule has 0 N–H and O–H groups in total. The highest BCUT2D eigenvalue weighted by atomic mass is 127. The van der Waals surface area contributed by atoms with Crippen LogP contribution in [0.25, 0.3) is 0 Å². The molecule has 0 bridgehead atoms. The minimum absolute atomic E-state index is 0.0146. The van der Waals surface area contributed by atoms with Gasteiger partial charge in [-0.05, 0) is 138 Å². The number of carbonyl (C=O) groups is 7. The van der Waals surface area contributed by atoms with E-state index in [1.54, 1.807) is 62.9 Å². The maximum absolute atomic E-state index is 14.3. The Morgan fingerprint density at radius 3 is 0.823 bits per heavy atom. The lowest BCUT2D eigenvalue weighted by atomic mass is 9.73. The first-order chi connectivity index (χ1) is 58.9. The second-order valence-electron chi connectivity index (χ2n) is 27.9. The molecule has 0 aliphatic carbocycles. The van der Waals surface area contributed by atoms with Gasteiger partial charge in [0.25, 0.3) is 0 Å². The number of esters is 5. The molecule has 26 nitrogen and oxygen atoms in total. The van der Waals surface area contributed by atoms with Crippen molar-refractivity contribution in [1.29, 1.82) is 5.26 Å². The summed E-state index contributed by atoms with van der Waals surface area (Å²) in [5.41, 5.74) is -8.67. The number of carbonyl (C=O) groups excluding carboxylic acids is 7. The summed E-state index contributed by atoms with van der Waals surface area (Å²) in [5, 5.41) is 8.50. The van der Waals surface area contributed by atoms with Gasteiger partial charge in [0.2, 0.25) is 5.41 Å².